The standard InChI is InChI=1S/C20H23FN6O3/c1-10-16-17(26(3)11(2)18(28)24-16)25-19(22-10)23-13-8-15(9-13)27(20(29)30)14-6-4-12(21)5-7-14/h4-7,11,13,15H,8-9H2,1-3H3,(H,24,28)(H,29,30)(H,22,23,25)/t11-,13-,15-/m0/s1. The molecule has 0 spiro atoms. The SMILES string of the molecule is Cc1nc(N[C@H]2C[C@H](N(C(=O)O)c3ccc(F)cc3)C2)nc2c1NC(=O)[C@H](C)N2C. The largest absolute Gasteiger partial charge is 0.465 e. The van der Waals surface area contributed by atoms with Gasteiger partial charge < -0.3 is 20.6 Å². The van der Waals surface area contributed by atoms with Gasteiger partial charge in [-0.2, -0.15) is 4.98 Å². The van der Waals surface area contributed by atoms with Gasteiger partial charge in [0.15, 0.2) is 5.82 Å². The molecule has 1 fully saturated rings. The Kier molecular flexibility index (Phi) is 4.92. The Bertz CT molecular complexity index is 993. The third-order valence-corrected chi connectivity index (χ3v) is 5.74. The van der Waals surface area contributed by atoms with Crippen LogP contribution in [0.1, 0.15) is 25.5 Å². The van der Waals surface area contributed by atoms with Gasteiger partial charge in [0, 0.05) is 24.8 Å². The summed E-state index contributed by atoms with van der Waals surface area (Å²) >= 11 is 0. The summed E-state index contributed by atoms with van der Waals surface area (Å²) in [5.74, 6) is 0.571. The molecule has 158 valence electrons. The number of amides is 2. The summed E-state index contributed by atoms with van der Waals surface area (Å²) < 4.78 is 13.2. The fourth-order valence-corrected chi connectivity index (χ4v) is 3.79. The quantitative estimate of drug-likeness (QED) is 0.705. The summed E-state index contributed by atoms with van der Waals surface area (Å²) in [5, 5.41) is 15.7. The molecular formula is C20H23FN6O3. The molecule has 4 rings (SSSR count). The summed E-state index contributed by atoms with van der Waals surface area (Å²) in [4.78, 5) is 35.8. The molecule has 10 heteroatoms. The molecule has 0 bridgehead atoms. The number of halogens is 1. The minimum atomic E-state index is -1.07. The van der Waals surface area contributed by atoms with Gasteiger partial charge in [-0.25, -0.2) is 14.2 Å². The summed E-state index contributed by atoms with van der Waals surface area (Å²) in [6.07, 6.45) is 0.0791. The Morgan fingerprint density at radius 1 is 1.30 bits per heavy atom. The molecule has 1 saturated carbocycles. The fraction of sp³-hybridized carbons (Fsp3) is 0.400. The number of benzene rings is 1. The Hall–Kier alpha value is -3.43. The summed E-state index contributed by atoms with van der Waals surface area (Å²) in [7, 11) is 1.81. The highest BCUT2D eigenvalue weighted by atomic mass is 19.1. The number of aromatic nitrogens is 2. The van der Waals surface area contributed by atoms with Crippen LogP contribution in [0.4, 0.5) is 32.3 Å². The van der Waals surface area contributed by atoms with E-state index >= 15 is 0 Å². The molecule has 0 saturated heterocycles. The number of carboxylic acid groups (broad SMARTS) is 1. The monoisotopic (exact) mass is 414 g/mol. The van der Waals surface area contributed by atoms with Crippen LogP contribution in [-0.2, 0) is 4.79 Å². The number of anilines is 4. The first-order valence-corrected chi connectivity index (χ1v) is 9.71. The molecule has 2 amide bonds. The number of likely N-dealkylation sites (N-methyl/N-ethyl adjacent to an activating group) is 1. The highest BCUT2D eigenvalue weighted by Gasteiger charge is 2.38. The summed E-state index contributed by atoms with van der Waals surface area (Å²) in [5.41, 5.74) is 1.70. The van der Waals surface area contributed by atoms with Crippen molar-refractivity contribution in [1.29, 1.82) is 0 Å². The first-order chi connectivity index (χ1) is 14.2. The number of carbonyl (C=O) groups is 2. The van der Waals surface area contributed by atoms with E-state index in [0.29, 0.717) is 41.7 Å². The van der Waals surface area contributed by atoms with Crippen molar-refractivity contribution in [2.24, 2.45) is 0 Å². The van der Waals surface area contributed by atoms with Crippen LogP contribution in [0.5, 0.6) is 0 Å². The van der Waals surface area contributed by atoms with E-state index in [1.165, 1.54) is 29.2 Å². The van der Waals surface area contributed by atoms with Crippen LogP contribution < -0.4 is 20.4 Å². The smallest absolute Gasteiger partial charge is 0.412 e. The Morgan fingerprint density at radius 2 is 1.97 bits per heavy atom. The zero-order chi connectivity index (χ0) is 21.6. The Balaban J connectivity index is 1.46. The van der Waals surface area contributed by atoms with Crippen LogP contribution in [0.3, 0.4) is 0 Å². The molecule has 1 aromatic heterocycles. The predicted octanol–water partition coefficient (Wildman–Crippen LogP) is 2.83. The zero-order valence-electron chi connectivity index (χ0n) is 16.9. The second kappa shape index (κ2) is 7.43. The van der Waals surface area contributed by atoms with E-state index in [1.54, 1.807) is 18.7 Å². The molecule has 0 radical (unpaired) electrons. The van der Waals surface area contributed by atoms with Gasteiger partial charge in [0.1, 0.15) is 17.5 Å². The van der Waals surface area contributed by atoms with Crippen LogP contribution in [0.15, 0.2) is 24.3 Å². The third-order valence-electron chi connectivity index (χ3n) is 5.74. The molecule has 3 N–H and O–H groups in total. The van der Waals surface area contributed by atoms with Crippen molar-refractivity contribution < 1.29 is 19.1 Å². The normalized spacial score (nSPS) is 22.6. The predicted molar refractivity (Wildman–Crippen MR) is 111 cm³/mol. The molecule has 1 atom stereocenters. The second-order valence-corrected chi connectivity index (χ2v) is 7.70. The molecule has 2 heterocycles. The molecule has 2 aromatic rings. The number of rotatable bonds is 4. The van der Waals surface area contributed by atoms with Crippen molar-refractivity contribution in [3.63, 3.8) is 0 Å². The van der Waals surface area contributed by atoms with E-state index in [2.05, 4.69) is 20.6 Å². The maximum absolute atomic E-state index is 13.2. The van der Waals surface area contributed by atoms with Gasteiger partial charge in [0.2, 0.25) is 11.9 Å². The zero-order valence-corrected chi connectivity index (χ0v) is 16.9. The van der Waals surface area contributed by atoms with Gasteiger partial charge in [-0.15, -0.1) is 0 Å². The van der Waals surface area contributed by atoms with E-state index in [-0.39, 0.29) is 24.0 Å². The number of nitrogens with one attached hydrogen (secondary N) is 2. The van der Waals surface area contributed by atoms with Gasteiger partial charge in [0.05, 0.1) is 5.69 Å². The van der Waals surface area contributed by atoms with Crippen molar-refractivity contribution in [3.8, 4) is 0 Å². The Labute approximate surface area is 172 Å². The lowest BCUT2D eigenvalue weighted by atomic mass is 9.85. The average Bonchev–Trinajstić information content (AvgIpc) is 2.66. The van der Waals surface area contributed by atoms with Gasteiger partial charge >= 0.3 is 6.09 Å². The lowest BCUT2D eigenvalue weighted by Crippen LogP contribution is -2.52. The molecule has 1 aliphatic heterocycles. The van der Waals surface area contributed by atoms with Gasteiger partial charge in [0.25, 0.3) is 0 Å². The van der Waals surface area contributed by atoms with E-state index < -0.39 is 11.9 Å². The topological polar surface area (TPSA) is 111 Å². The number of fused-ring (bicyclic) bond motifs is 1. The molecule has 9 nitrogen and oxygen atoms in total. The lowest BCUT2D eigenvalue weighted by molar-refractivity contribution is -0.117. The molecular weight excluding hydrogens is 391 g/mol. The van der Waals surface area contributed by atoms with Crippen molar-refractivity contribution >= 4 is 35.1 Å². The van der Waals surface area contributed by atoms with E-state index in [4.69, 9.17) is 0 Å². The molecule has 2 aliphatic rings. The first-order valence-electron chi connectivity index (χ1n) is 9.71. The van der Waals surface area contributed by atoms with E-state index in [9.17, 15) is 19.1 Å². The van der Waals surface area contributed by atoms with Crippen LogP contribution in [0, 0.1) is 12.7 Å². The van der Waals surface area contributed by atoms with Crippen LogP contribution in [0.2, 0.25) is 0 Å². The highest BCUT2D eigenvalue weighted by Crippen LogP contribution is 2.35. The number of hydrogen-bond donors (Lipinski definition) is 3. The average molecular weight is 414 g/mol. The van der Waals surface area contributed by atoms with Gasteiger partial charge in [-0.1, -0.05) is 0 Å². The Morgan fingerprint density at radius 3 is 2.60 bits per heavy atom. The van der Waals surface area contributed by atoms with E-state index in [0.717, 1.165) is 0 Å². The van der Waals surface area contributed by atoms with Crippen LogP contribution >= 0.6 is 0 Å². The highest BCUT2D eigenvalue weighted by molar-refractivity contribution is 6.03. The number of carbonyl (C=O) groups excluding carboxylic acids is 1. The molecule has 1 aliphatic carbocycles. The second-order valence-electron chi connectivity index (χ2n) is 7.70. The third kappa shape index (κ3) is 3.49. The first kappa shape index (κ1) is 19.9. The number of hydrogen-bond acceptors (Lipinski definition) is 6. The van der Waals surface area contributed by atoms with Crippen LogP contribution in [-0.4, -0.2) is 52.2 Å². The molecule has 1 aromatic carbocycles. The maximum Gasteiger partial charge on any atom is 0.412 e. The van der Waals surface area contributed by atoms with Gasteiger partial charge in [-0.05, 0) is 51.0 Å². The van der Waals surface area contributed by atoms with Crippen LogP contribution in [0.25, 0.3) is 0 Å². The van der Waals surface area contributed by atoms with Crippen molar-refractivity contribution in [2.45, 2.75) is 44.8 Å². The van der Waals surface area contributed by atoms with E-state index in [1.807, 2.05) is 7.05 Å². The minimum absolute atomic E-state index is 0.00987. The van der Waals surface area contributed by atoms with Crippen molar-refractivity contribution in [1.82, 2.24) is 9.97 Å². The molecule has 30 heavy (non-hydrogen) atoms. The number of nitrogens with zero attached hydrogens (tertiary/aromatic N) is 4. The van der Waals surface area contributed by atoms with Gasteiger partial charge in [-0.3, -0.25) is 9.69 Å². The fourth-order valence-electron chi connectivity index (χ4n) is 3.79. The lowest BCUT2D eigenvalue weighted by Gasteiger charge is -2.42. The van der Waals surface area contributed by atoms with Crippen molar-refractivity contribution in [2.75, 3.05) is 27.5 Å². The van der Waals surface area contributed by atoms with Crippen molar-refractivity contribution in [3.05, 3.63) is 35.8 Å². The summed E-state index contributed by atoms with van der Waals surface area (Å²) in [6.45, 7) is 3.61. The minimum Gasteiger partial charge on any atom is -0.465 e. The molecule has 0 unspecified atom stereocenters. The number of aryl methyl sites for hydroxylation is 1. The summed E-state index contributed by atoms with van der Waals surface area (Å²) in [6, 6.07) is 4.88. The maximum atomic E-state index is 13.2.